The third kappa shape index (κ3) is 1.56. The molecule has 86 valence electrons. The quantitative estimate of drug-likeness (QED) is 0.805. The minimum Gasteiger partial charge on any atom is -0.508 e. The first-order valence-electron chi connectivity index (χ1n) is 5.39. The van der Waals surface area contributed by atoms with Gasteiger partial charge in [-0.2, -0.15) is 0 Å². The Morgan fingerprint density at radius 2 is 1.69 bits per heavy atom. The average molecular weight is 220 g/mol. The van der Waals surface area contributed by atoms with Crippen LogP contribution in [0, 0.1) is 5.41 Å². The van der Waals surface area contributed by atoms with Gasteiger partial charge in [-0.05, 0) is 36.0 Å². The summed E-state index contributed by atoms with van der Waals surface area (Å²) >= 11 is 0. The van der Waals surface area contributed by atoms with Crippen LogP contribution in [-0.4, -0.2) is 16.2 Å². The predicted molar refractivity (Wildman–Crippen MR) is 60.4 cm³/mol. The SMILES string of the molecule is CC1(C)CC(C(=O)O)(c2ccc(O)cc2)C1. The Kier molecular flexibility index (Phi) is 2.22. The lowest BCUT2D eigenvalue weighted by Gasteiger charge is -2.50. The fraction of sp³-hybridized carbons (Fsp3) is 0.462. The molecule has 0 atom stereocenters. The van der Waals surface area contributed by atoms with Crippen LogP contribution in [0.25, 0.3) is 0 Å². The number of hydrogen-bond donors (Lipinski definition) is 2. The van der Waals surface area contributed by atoms with Crippen molar-refractivity contribution < 1.29 is 15.0 Å². The first-order valence-corrected chi connectivity index (χ1v) is 5.39. The van der Waals surface area contributed by atoms with E-state index in [0.29, 0.717) is 12.8 Å². The molecule has 0 radical (unpaired) electrons. The van der Waals surface area contributed by atoms with Crippen LogP contribution >= 0.6 is 0 Å². The van der Waals surface area contributed by atoms with Crippen molar-refractivity contribution >= 4 is 5.97 Å². The Morgan fingerprint density at radius 1 is 1.19 bits per heavy atom. The standard InChI is InChI=1S/C13H16O3/c1-12(2)7-13(8-12,11(15)16)9-3-5-10(14)6-4-9/h3-6,14H,7-8H2,1-2H3,(H,15,16). The lowest BCUT2D eigenvalue weighted by Crippen LogP contribution is -2.52. The minimum absolute atomic E-state index is 0.0935. The van der Waals surface area contributed by atoms with Gasteiger partial charge in [0.1, 0.15) is 5.75 Å². The Morgan fingerprint density at radius 3 is 2.06 bits per heavy atom. The fourth-order valence-corrected chi connectivity index (χ4v) is 2.84. The van der Waals surface area contributed by atoms with Gasteiger partial charge in [0.25, 0.3) is 0 Å². The van der Waals surface area contributed by atoms with Crippen LogP contribution in [0.2, 0.25) is 0 Å². The van der Waals surface area contributed by atoms with E-state index in [1.807, 2.05) is 0 Å². The molecule has 2 rings (SSSR count). The zero-order valence-electron chi connectivity index (χ0n) is 9.53. The minimum atomic E-state index is -0.766. The van der Waals surface area contributed by atoms with Gasteiger partial charge in [0.2, 0.25) is 0 Å². The molecule has 1 aromatic carbocycles. The molecule has 3 nitrogen and oxygen atoms in total. The van der Waals surface area contributed by atoms with E-state index in [2.05, 4.69) is 13.8 Å². The highest BCUT2D eigenvalue weighted by Gasteiger charge is 2.55. The topological polar surface area (TPSA) is 57.5 Å². The average Bonchev–Trinajstić information content (AvgIpc) is 2.14. The molecule has 0 saturated heterocycles. The van der Waals surface area contributed by atoms with Gasteiger partial charge in [0.15, 0.2) is 0 Å². The van der Waals surface area contributed by atoms with Crippen molar-refractivity contribution in [1.29, 1.82) is 0 Å². The summed E-state index contributed by atoms with van der Waals surface area (Å²) in [7, 11) is 0. The molecule has 0 heterocycles. The summed E-state index contributed by atoms with van der Waals surface area (Å²) in [6.45, 7) is 4.16. The van der Waals surface area contributed by atoms with Gasteiger partial charge in [0, 0.05) is 0 Å². The lowest BCUT2D eigenvalue weighted by molar-refractivity contribution is -0.153. The molecule has 0 aromatic heterocycles. The van der Waals surface area contributed by atoms with Crippen molar-refractivity contribution in [2.24, 2.45) is 5.41 Å². The number of carbonyl (C=O) groups is 1. The molecule has 2 N–H and O–H groups in total. The van der Waals surface area contributed by atoms with Gasteiger partial charge in [-0.3, -0.25) is 4.79 Å². The normalized spacial score (nSPS) is 21.1. The molecule has 0 spiro atoms. The maximum Gasteiger partial charge on any atom is 0.314 e. The number of hydrogen-bond acceptors (Lipinski definition) is 2. The summed E-state index contributed by atoms with van der Waals surface area (Å²) in [5.41, 5.74) is 0.130. The van der Waals surface area contributed by atoms with Crippen molar-refractivity contribution in [1.82, 2.24) is 0 Å². The third-order valence-electron chi connectivity index (χ3n) is 3.39. The number of aliphatic carboxylic acids is 1. The molecule has 1 aromatic rings. The Bertz CT molecular complexity index is 409. The maximum absolute atomic E-state index is 11.4. The fourth-order valence-electron chi connectivity index (χ4n) is 2.84. The summed E-state index contributed by atoms with van der Waals surface area (Å²) in [5, 5.41) is 18.6. The molecule has 3 heteroatoms. The van der Waals surface area contributed by atoms with Crippen LogP contribution < -0.4 is 0 Å². The van der Waals surface area contributed by atoms with Crippen LogP contribution in [0.4, 0.5) is 0 Å². The van der Waals surface area contributed by atoms with E-state index in [0.717, 1.165) is 5.56 Å². The summed E-state index contributed by atoms with van der Waals surface area (Å²) in [4.78, 5) is 11.4. The third-order valence-corrected chi connectivity index (χ3v) is 3.39. The van der Waals surface area contributed by atoms with Gasteiger partial charge in [-0.15, -0.1) is 0 Å². The molecule has 0 aliphatic heterocycles. The molecule has 1 fully saturated rings. The lowest BCUT2D eigenvalue weighted by atomic mass is 9.52. The second kappa shape index (κ2) is 3.24. The first-order chi connectivity index (χ1) is 7.36. The Labute approximate surface area is 94.7 Å². The van der Waals surface area contributed by atoms with E-state index in [-0.39, 0.29) is 11.2 Å². The van der Waals surface area contributed by atoms with E-state index in [1.54, 1.807) is 24.3 Å². The number of carboxylic acids is 1. The molecular weight excluding hydrogens is 204 g/mol. The molecule has 1 aliphatic rings. The van der Waals surface area contributed by atoms with Crippen molar-refractivity contribution in [3.05, 3.63) is 29.8 Å². The van der Waals surface area contributed by atoms with Gasteiger partial charge in [0.05, 0.1) is 5.41 Å². The highest BCUT2D eigenvalue weighted by atomic mass is 16.4. The second-order valence-corrected chi connectivity index (χ2v) is 5.45. The zero-order chi connectivity index (χ0) is 12.0. The summed E-state index contributed by atoms with van der Waals surface area (Å²) in [5.74, 6) is -0.597. The van der Waals surface area contributed by atoms with Crippen LogP contribution in [0.15, 0.2) is 24.3 Å². The van der Waals surface area contributed by atoms with Crippen molar-refractivity contribution in [2.45, 2.75) is 32.1 Å². The molecule has 0 amide bonds. The number of carboxylic acid groups (broad SMARTS) is 1. The van der Waals surface area contributed by atoms with E-state index < -0.39 is 11.4 Å². The maximum atomic E-state index is 11.4. The van der Waals surface area contributed by atoms with E-state index in [9.17, 15) is 15.0 Å². The number of phenols is 1. The molecular formula is C13H16O3. The zero-order valence-corrected chi connectivity index (χ0v) is 9.53. The highest BCUT2D eigenvalue weighted by Crippen LogP contribution is 2.55. The highest BCUT2D eigenvalue weighted by molar-refractivity contribution is 5.83. The number of phenolic OH excluding ortho intramolecular Hbond substituents is 1. The summed E-state index contributed by atoms with van der Waals surface area (Å²) < 4.78 is 0. The molecule has 0 unspecified atom stereocenters. The van der Waals surface area contributed by atoms with Gasteiger partial charge in [-0.25, -0.2) is 0 Å². The van der Waals surface area contributed by atoms with Crippen molar-refractivity contribution in [3.63, 3.8) is 0 Å². The van der Waals surface area contributed by atoms with E-state index >= 15 is 0 Å². The second-order valence-electron chi connectivity index (χ2n) is 5.45. The first kappa shape index (κ1) is 11.0. The van der Waals surface area contributed by atoms with E-state index in [1.165, 1.54) is 0 Å². The van der Waals surface area contributed by atoms with Crippen LogP contribution in [0.3, 0.4) is 0 Å². The van der Waals surface area contributed by atoms with Crippen LogP contribution in [0.1, 0.15) is 32.3 Å². The molecule has 1 aliphatic carbocycles. The van der Waals surface area contributed by atoms with Gasteiger partial charge < -0.3 is 10.2 Å². The van der Waals surface area contributed by atoms with Crippen LogP contribution in [0.5, 0.6) is 5.75 Å². The molecule has 16 heavy (non-hydrogen) atoms. The monoisotopic (exact) mass is 220 g/mol. The molecule has 0 bridgehead atoms. The smallest absolute Gasteiger partial charge is 0.314 e. The Balaban J connectivity index is 2.36. The molecule has 1 saturated carbocycles. The van der Waals surface area contributed by atoms with Crippen molar-refractivity contribution in [2.75, 3.05) is 0 Å². The summed E-state index contributed by atoms with van der Waals surface area (Å²) in [6.07, 6.45) is 1.31. The largest absolute Gasteiger partial charge is 0.508 e. The predicted octanol–water partition coefficient (Wildman–Crippen LogP) is 2.53. The number of benzene rings is 1. The number of aromatic hydroxyl groups is 1. The van der Waals surface area contributed by atoms with E-state index in [4.69, 9.17) is 0 Å². The summed E-state index contributed by atoms with van der Waals surface area (Å²) in [6, 6.07) is 6.51. The van der Waals surface area contributed by atoms with Crippen molar-refractivity contribution in [3.8, 4) is 5.75 Å². The Hall–Kier alpha value is -1.51. The van der Waals surface area contributed by atoms with Crippen LogP contribution in [-0.2, 0) is 10.2 Å². The van der Waals surface area contributed by atoms with Gasteiger partial charge in [-0.1, -0.05) is 26.0 Å². The number of rotatable bonds is 2. The van der Waals surface area contributed by atoms with Gasteiger partial charge >= 0.3 is 5.97 Å².